The van der Waals surface area contributed by atoms with Gasteiger partial charge in [-0.15, -0.1) is 0 Å². The van der Waals surface area contributed by atoms with E-state index in [-0.39, 0.29) is 11.9 Å². The van der Waals surface area contributed by atoms with Crippen LogP contribution in [0.2, 0.25) is 0 Å². The van der Waals surface area contributed by atoms with Gasteiger partial charge in [-0.1, -0.05) is 26.8 Å². The monoisotopic (exact) mass is 319 g/mol. The van der Waals surface area contributed by atoms with Crippen molar-refractivity contribution >= 4 is 12.0 Å². The second-order valence-corrected chi connectivity index (χ2v) is 5.34. The Morgan fingerprint density at radius 2 is 1.87 bits per heavy atom. The molecule has 0 aliphatic rings. The maximum atomic E-state index is 11.9. The van der Waals surface area contributed by atoms with Crippen molar-refractivity contribution in [2.45, 2.75) is 53.0 Å². The van der Waals surface area contributed by atoms with E-state index in [4.69, 9.17) is 9.47 Å². The van der Waals surface area contributed by atoms with E-state index >= 15 is 0 Å². The van der Waals surface area contributed by atoms with Crippen LogP contribution in [0.1, 0.15) is 52.5 Å². The van der Waals surface area contributed by atoms with Gasteiger partial charge in [-0.05, 0) is 50.0 Å². The average molecular weight is 319 g/mol. The Kier molecular flexibility index (Phi) is 8.88. The van der Waals surface area contributed by atoms with Crippen LogP contribution in [0.3, 0.4) is 0 Å². The molecule has 0 aliphatic heterocycles. The molecular weight excluding hydrogens is 290 g/mol. The van der Waals surface area contributed by atoms with Gasteiger partial charge >= 0.3 is 0 Å². The zero-order chi connectivity index (χ0) is 17.1. The van der Waals surface area contributed by atoms with Crippen LogP contribution in [0.25, 0.3) is 6.08 Å². The second kappa shape index (κ2) is 10.7. The second-order valence-electron chi connectivity index (χ2n) is 5.34. The summed E-state index contributed by atoms with van der Waals surface area (Å²) in [5.41, 5.74) is 0.914. The van der Waals surface area contributed by atoms with Crippen LogP contribution < -0.4 is 14.8 Å². The van der Waals surface area contributed by atoms with E-state index in [1.54, 1.807) is 12.2 Å². The van der Waals surface area contributed by atoms with Crippen molar-refractivity contribution < 1.29 is 14.3 Å². The van der Waals surface area contributed by atoms with Gasteiger partial charge in [0.2, 0.25) is 5.91 Å². The Labute approximate surface area is 139 Å². The van der Waals surface area contributed by atoms with E-state index < -0.39 is 0 Å². The van der Waals surface area contributed by atoms with Gasteiger partial charge < -0.3 is 14.8 Å². The molecule has 0 saturated heterocycles. The Hall–Kier alpha value is -1.97. The average Bonchev–Trinajstić information content (AvgIpc) is 2.57. The van der Waals surface area contributed by atoms with Gasteiger partial charge in [-0.25, -0.2) is 0 Å². The summed E-state index contributed by atoms with van der Waals surface area (Å²) in [5, 5.41) is 2.98. The van der Waals surface area contributed by atoms with E-state index in [1.807, 2.05) is 25.1 Å². The molecule has 0 atom stereocenters. The summed E-state index contributed by atoms with van der Waals surface area (Å²) < 4.78 is 11.3. The standard InChI is InChI=1S/C19H29NO3/c1-5-13-23-17-11-9-15(14-18(17)22-8-4)10-12-19(21)20-16(6-2)7-3/h9-12,14,16H,5-8,13H2,1-4H3,(H,20,21)/b12-10+. The normalized spacial score (nSPS) is 11.0. The van der Waals surface area contributed by atoms with Crippen LogP contribution >= 0.6 is 0 Å². The molecule has 0 saturated carbocycles. The maximum absolute atomic E-state index is 11.9. The van der Waals surface area contributed by atoms with Crippen LogP contribution in [0.5, 0.6) is 11.5 Å². The molecule has 1 aromatic carbocycles. The zero-order valence-corrected chi connectivity index (χ0v) is 14.7. The van der Waals surface area contributed by atoms with Crippen molar-refractivity contribution in [3.05, 3.63) is 29.8 Å². The molecule has 1 amide bonds. The Morgan fingerprint density at radius 3 is 2.48 bits per heavy atom. The third kappa shape index (κ3) is 6.76. The van der Waals surface area contributed by atoms with Crippen LogP contribution in [-0.2, 0) is 4.79 Å². The number of amides is 1. The largest absolute Gasteiger partial charge is 0.490 e. The molecule has 1 N–H and O–H groups in total. The van der Waals surface area contributed by atoms with Gasteiger partial charge in [0.1, 0.15) is 0 Å². The molecule has 4 heteroatoms. The van der Waals surface area contributed by atoms with Crippen molar-refractivity contribution in [2.75, 3.05) is 13.2 Å². The molecule has 1 rings (SSSR count). The molecule has 0 bridgehead atoms. The third-order valence-corrected chi connectivity index (χ3v) is 3.49. The first-order valence-electron chi connectivity index (χ1n) is 8.52. The lowest BCUT2D eigenvalue weighted by Crippen LogP contribution is -2.32. The van der Waals surface area contributed by atoms with E-state index in [1.165, 1.54) is 0 Å². The molecule has 0 radical (unpaired) electrons. The lowest BCUT2D eigenvalue weighted by atomic mass is 10.1. The van der Waals surface area contributed by atoms with E-state index in [0.717, 1.165) is 30.6 Å². The smallest absolute Gasteiger partial charge is 0.244 e. The minimum absolute atomic E-state index is 0.0667. The first kappa shape index (κ1) is 19.1. The predicted octanol–water partition coefficient (Wildman–Crippen LogP) is 4.19. The fourth-order valence-corrected chi connectivity index (χ4v) is 2.14. The topological polar surface area (TPSA) is 47.6 Å². The van der Waals surface area contributed by atoms with Gasteiger partial charge in [0.05, 0.1) is 13.2 Å². The molecule has 0 fully saturated rings. The van der Waals surface area contributed by atoms with Gasteiger partial charge in [-0.2, -0.15) is 0 Å². The highest BCUT2D eigenvalue weighted by Gasteiger charge is 2.07. The summed E-state index contributed by atoms with van der Waals surface area (Å²) in [6.45, 7) is 9.38. The zero-order valence-electron chi connectivity index (χ0n) is 14.7. The number of rotatable bonds is 10. The van der Waals surface area contributed by atoms with Crippen molar-refractivity contribution in [2.24, 2.45) is 0 Å². The molecule has 0 aromatic heterocycles. The first-order valence-corrected chi connectivity index (χ1v) is 8.52. The fourth-order valence-electron chi connectivity index (χ4n) is 2.14. The summed E-state index contributed by atoms with van der Waals surface area (Å²) in [6.07, 6.45) is 6.19. The van der Waals surface area contributed by atoms with E-state index in [2.05, 4.69) is 26.1 Å². The SMILES string of the molecule is CCCOc1ccc(/C=C/C(=O)NC(CC)CC)cc1OCC. The van der Waals surface area contributed by atoms with Crippen LogP contribution in [0.4, 0.5) is 0 Å². The minimum Gasteiger partial charge on any atom is -0.490 e. The van der Waals surface area contributed by atoms with Crippen LogP contribution in [0.15, 0.2) is 24.3 Å². The van der Waals surface area contributed by atoms with Crippen molar-refractivity contribution in [3.63, 3.8) is 0 Å². The summed E-state index contributed by atoms with van der Waals surface area (Å²) in [4.78, 5) is 11.9. The van der Waals surface area contributed by atoms with Crippen molar-refractivity contribution in [1.82, 2.24) is 5.32 Å². The number of hydrogen-bond donors (Lipinski definition) is 1. The van der Waals surface area contributed by atoms with Gasteiger partial charge in [0, 0.05) is 12.1 Å². The Balaban J connectivity index is 2.77. The number of benzene rings is 1. The summed E-state index contributed by atoms with van der Waals surface area (Å²) in [6, 6.07) is 5.94. The molecule has 0 spiro atoms. The lowest BCUT2D eigenvalue weighted by Gasteiger charge is -2.13. The summed E-state index contributed by atoms with van der Waals surface area (Å²) in [7, 11) is 0. The number of hydrogen-bond acceptors (Lipinski definition) is 3. The maximum Gasteiger partial charge on any atom is 0.244 e. The number of carbonyl (C=O) groups is 1. The third-order valence-electron chi connectivity index (χ3n) is 3.49. The van der Waals surface area contributed by atoms with E-state index in [9.17, 15) is 4.79 Å². The molecule has 0 aliphatic carbocycles. The molecule has 0 unspecified atom stereocenters. The highest BCUT2D eigenvalue weighted by molar-refractivity contribution is 5.92. The lowest BCUT2D eigenvalue weighted by molar-refractivity contribution is -0.117. The molecule has 1 aromatic rings. The van der Waals surface area contributed by atoms with Crippen molar-refractivity contribution in [3.8, 4) is 11.5 Å². The minimum atomic E-state index is -0.0667. The summed E-state index contributed by atoms with van der Waals surface area (Å²) in [5.74, 6) is 1.39. The Bertz CT molecular complexity index is 507. The van der Waals surface area contributed by atoms with Gasteiger partial charge in [-0.3, -0.25) is 4.79 Å². The van der Waals surface area contributed by atoms with Crippen LogP contribution in [0, 0.1) is 0 Å². The number of carbonyl (C=O) groups excluding carboxylic acids is 1. The summed E-state index contributed by atoms with van der Waals surface area (Å²) >= 11 is 0. The predicted molar refractivity (Wildman–Crippen MR) is 94.9 cm³/mol. The van der Waals surface area contributed by atoms with E-state index in [0.29, 0.717) is 19.0 Å². The molecule has 23 heavy (non-hydrogen) atoms. The molecule has 128 valence electrons. The highest BCUT2D eigenvalue weighted by atomic mass is 16.5. The first-order chi connectivity index (χ1) is 11.1. The molecule has 0 heterocycles. The Morgan fingerprint density at radius 1 is 1.13 bits per heavy atom. The highest BCUT2D eigenvalue weighted by Crippen LogP contribution is 2.29. The fraction of sp³-hybridized carbons (Fsp3) is 0.526. The number of ether oxygens (including phenoxy) is 2. The molecule has 4 nitrogen and oxygen atoms in total. The van der Waals surface area contributed by atoms with Gasteiger partial charge in [0.15, 0.2) is 11.5 Å². The van der Waals surface area contributed by atoms with Gasteiger partial charge in [0.25, 0.3) is 0 Å². The number of nitrogens with one attached hydrogen (secondary N) is 1. The van der Waals surface area contributed by atoms with Crippen molar-refractivity contribution in [1.29, 1.82) is 0 Å². The molecular formula is C19H29NO3. The van der Waals surface area contributed by atoms with Crippen LogP contribution in [-0.4, -0.2) is 25.2 Å². The quantitative estimate of drug-likeness (QED) is 0.658.